The molecule has 0 radical (unpaired) electrons. The number of halogens is 2. The first-order chi connectivity index (χ1) is 10.1. The number of rotatable bonds is 10. The van der Waals surface area contributed by atoms with Crippen LogP contribution in [0.25, 0.3) is 0 Å². The van der Waals surface area contributed by atoms with Crippen molar-refractivity contribution in [3.63, 3.8) is 0 Å². The topological polar surface area (TPSA) is 38.3 Å². The summed E-state index contributed by atoms with van der Waals surface area (Å²) in [6.45, 7) is 2.87. The summed E-state index contributed by atoms with van der Waals surface area (Å²) in [4.78, 5) is 11.6. The summed E-state index contributed by atoms with van der Waals surface area (Å²) in [6.07, 6.45) is 7.23. The van der Waals surface area contributed by atoms with Crippen molar-refractivity contribution >= 4 is 29.1 Å². The van der Waals surface area contributed by atoms with Gasteiger partial charge < -0.3 is 10.1 Å². The van der Waals surface area contributed by atoms with Crippen molar-refractivity contribution in [2.75, 3.05) is 13.2 Å². The fourth-order valence-corrected chi connectivity index (χ4v) is 2.38. The summed E-state index contributed by atoms with van der Waals surface area (Å²) in [6, 6.07) is 4.93. The normalized spacial score (nSPS) is 10.4. The molecule has 3 nitrogen and oxygen atoms in total. The Kier molecular flexibility index (Phi) is 9.27. The third-order valence-corrected chi connectivity index (χ3v) is 3.64. The second-order valence-electron chi connectivity index (χ2n) is 4.98. The Morgan fingerprint density at radius 3 is 2.57 bits per heavy atom. The number of carbonyl (C=O) groups excluding carboxylic acids is 1. The molecule has 1 aromatic rings. The molecule has 0 atom stereocenters. The molecule has 1 rings (SSSR count). The molecule has 0 saturated heterocycles. The Hall–Kier alpha value is -0.930. The lowest BCUT2D eigenvalue weighted by atomic mass is 10.1. The van der Waals surface area contributed by atoms with E-state index >= 15 is 0 Å². The number of amides is 1. The zero-order valence-corrected chi connectivity index (χ0v) is 14.0. The molecule has 0 fully saturated rings. The predicted octanol–water partition coefficient (Wildman–Crippen LogP) is 4.85. The summed E-state index contributed by atoms with van der Waals surface area (Å²) in [5.74, 6) is 0.338. The molecular weight excluding hydrogens is 309 g/mol. The minimum atomic E-state index is -0.130. The second kappa shape index (κ2) is 10.7. The largest absolute Gasteiger partial charge is 0.482 e. The summed E-state index contributed by atoms with van der Waals surface area (Å²) < 4.78 is 5.36. The monoisotopic (exact) mass is 331 g/mol. The van der Waals surface area contributed by atoms with E-state index < -0.39 is 0 Å². The first-order valence-corrected chi connectivity index (χ1v) is 8.23. The van der Waals surface area contributed by atoms with Gasteiger partial charge in [-0.2, -0.15) is 0 Å². The van der Waals surface area contributed by atoms with Crippen LogP contribution in [0.2, 0.25) is 10.0 Å². The van der Waals surface area contributed by atoms with E-state index in [9.17, 15) is 4.79 Å². The highest BCUT2D eigenvalue weighted by molar-refractivity contribution is 6.35. The van der Waals surface area contributed by atoms with Crippen LogP contribution in [0.4, 0.5) is 0 Å². The maximum atomic E-state index is 11.6. The van der Waals surface area contributed by atoms with Crippen molar-refractivity contribution in [2.24, 2.45) is 0 Å². The molecule has 1 amide bonds. The first kappa shape index (κ1) is 18.1. The average Bonchev–Trinajstić information content (AvgIpc) is 2.45. The van der Waals surface area contributed by atoms with Crippen LogP contribution in [0, 0.1) is 0 Å². The maximum Gasteiger partial charge on any atom is 0.257 e. The molecule has 0 aliphatic rings. The number of nitrogens with one attached hydrogen (secondary N) is 1. The van der Waals surface area contributed by atoms with E-state index in [-0.39, 0.29) is 12.5 Å². The quantitative estimate of drug-likeness (QED) is 0.622. The van der Waals surface area contributed by atoms with Crippen LogP contribution < -0.4 is 10.1 Å². The Morgan fingerprint density at radius 2 is 1.86 bits per heavy atom. The number of hydrogen-bond donors (Lipinski definition) is 1. The number of hydrogen-bond acceptors (Lipinski definition) is 2. The van der Waals surface area contributed by atoms with Crippen LogP contribution >= 0.6 is 23.2 Å². The summed E-state index contributed by atoms with van der Waals surface area (Å²) >= 11 is 11.7. The average molecular weight is 332 g/mol. The summed E-state index contributed by atoms with van der Waals surface area (Å²) in [7, 11) is 0. The third-order valence-electron chi connectivity index (χ3n) is 3.11. The van der Waals surface area contributed by atoms with Crippen LogP contribution in [0.3, 0.4) is 0 Å². The molecule has 118 valence electrons. The van der Waals surface area contributed by atoms with Crippen molar-refractivity contribution in [1.82, 2.24) is 5.32 Å². The lowest BCUT2D eigenvalue weighted by molar-refractivity contribution is -0.123. The molecular formula is C16H23Cl2NO2. The number of ether oxygens (including phenoxy) is 1. The van der Waals surface area contributed by atoms with E-state index in [1.165, 1.54) is 25.7 Å². The van der Waals surface area contributed by atoms with Crippen LogP contribution in [0.5, 0.6) is 5.75 Å². The van der Waals surface area contributed by atoms with Gasteiger partial charge in [-0.15, -0.1) is 0 Å². The Balaban J connectivity index is 2.11. The van der Waals surface area contributed by atoms with Gasteiger partial charge in [-0.25, -0.2) is 0 Å². The van der Waals surface area contributed by atoms with Gasteiger partial charge >= 0.3 is 0 Å². The first-order valence-electron chi connectivity index (χ1n) is 7.48. The minimum Gasteiger partial charge on any atom is -0.482 e. The summed E-state index contributed by atoms with van der Waals surface area (Å²) in [5, 5.41) is 3.79. The zero-order chi connectivity index (χ0) is 15.5. The molecule has 0 bridgehead atoms. The van der Waals surface area contributed by atoms with Gasteiger partial charge in [0.05, 0.1) is 5.02 Å². The molecule has 1 N–H and O–H groups in total. The van der Waals surface area contributed by atoms with Crippen molar-refractivity contribution in [1.29, 1.82) is 0 Å². The number of unbranched alkanes of at least 4 members (excludes halogenated alkanes) is 5. The van der Waals surface area contributed by atoms with Gasteiger partial charge in [-0.05, 0) is 24.6 Å². The number of carbonyl (C=O) groups is 1. The lowest BCUT2D eigenvalue weighted by Crippen LogP contribution is -2.29. The van der Waals surface area contributed by atoms with Crippen LogP contribution in [-0.2, 0) is 4.79 Å². The van der Waals surface area contributed by atoms with Crippen LogP contribution in [0.15, 0.2) is 18.2 Å². The molecule has 5 heteroatoms. The van der Waals surface area contributed by atoms with E-state index in [1.807, 2.05) is 0 Å². The Bertz CT molecular complexity index is 438. The van der Waals surface area contributed by atoms with Crippen molar-refractivity contribution in [3.8, 4) is 5.75 Å². The van der Waals surface area contributed by atoms with Crippen molar-refractivity contribution in [3.05, 3.63) is 28.2 Å². The minimum absolute atomic E-state index is 0.0306. The van der Waals surface area contributed by atoms with Gasteiger partial charge in [0, 0.05) is 11.6 Å². The maximum absolute atomic E-state index is 11.6. The molecule has 0 heterocycles. The highest BCUT2D eigenvalue weighted by atomic mass is 35.5. The molecule has 0 unspecified atom stereocenters. The lowest BCUT2D eigenvalue weighted by Gasteiger charge is -2.09. The van der Waals surface area contributed by atoms with Gasteiger partial charge in [-0.3, -0.25) is 4.79 Å². The Morgan fingerprint density at radius 1 is 1.14 bits per heavy atom. The van der Waals surface area contributed by atoms with Crippen molar-refractivity contribution in [2.45, 2.75) is 45.4 Å². The van der Waals surface area contributed by atoms with E-state index in [4.69, 9.17) is 27.9 Å². The smallest absolute Gasteiger partial charge is 0.257 e. The fraction of sp³-hybridized carbons (Fsp3) is 0.562. The van der Waals surface area contributed by atoms with Crippen LogP contribution in [-0.4, -0.2) is 19.1 Å². The highest BCUT2D eigenvalue weighted by Crippen LogP contribution is 2.27. The second-order valence-corrected chi connectivity index (χ2v) is 5.82. The van der Waals surface area contributed by atoms with E-state index in [2.05, 4.69) is 12.2 Å². The number of benzene rings is 1. The van der Waals surface area contributed by atoms with Gasteiger partial charge in [0.15, 0.2) is 6.61 Å². The van der Waals surface area contributed by atoms with Crippen LogP contribution in [0.1, 0.15) is 45.4 Å². The van der Waals surface area contributed by atoms with E-state index in [0.717, 1.165) is 12.8 Å². The molecule has 0 aliphatic heterocycles. The van der Waals surface area contributed by atoms with Gasteiger partial charge in [0.1, 0.15) is 5.75 Å². The van der Waals surface area contributed by atoms with E-state index in [0.29, 0.717) is 22.3 Å². The third kappa shape index (κ3) is 8.18. The summed E-state index contributed by atoms with van der Waals surface area (Å²) in [5.41, 5.74) is 0. The molecule has 0 aromatic heterocycles. The fourth-order valence-electron chi connectivity index (χ4n) is 1.92. The predicted molar refractivity (Wildman–Crippen MR) is 88.3 cm³/mol. The molecule has 0 aliphatic carbocycles. The Labute approximate surface area is 137 Å². The van der Waals surface area contributed by atoms with Crippen molar-refractivity contribution < 1.29 is 9.53 Å². The molecule has 21 heavy (non-hydrogen) atoms. The standard InChI is InChI=1S/C16H23Cl2NO2/c1-2-3-4-5-6-7-10-19-16(20)12-21-15-9-8-13(17)11-14(15)18/h8-9,11H,2-7,10,12H2,1H3,(H,19,20). The van der Waals surface area contributed by atoms with Gasteiger partial charge in [0.25, 0.3) is 5.91 Å². The van der Waals surface area contributed by atoms with E-state index in [1.54, 1.807) is 18.2 Å². The highest BCUT2D eigenvalue weighted by Gasteiger charge is 2.06. The SMILES string of the molecule is CCCCCCCCNC(=O)COc1ccc(Cl)cc1Cl. The zero-order valence-electron chi connectivity index (χ0n) is 12.5. The van der Waals surface area contributed by atoms with Gasteiger partial charge in [-0.1, -0.05) is 62.2 Å². The molecule has 1 aromatic carbocycles. The molecule has 0 saturated carbocycles. The van der Waals surface area contributed by atoms with Gasteiger partial charge in [0.2, 0.25) is 0 Å². The molecule has 0 spiro atoms.